The van der Waals surface area contributed by atoms with Crippen LogP contribution in [0, 0.1) is 5.92 Å². The molecule has 1 N–H and O–H groups in total. The molecule has 1 saturated carbocycles. The summed E-state index contributed by atoms with van der Waals surface area (Å²) in [5.74, 6) is 0.257. The van der Waals surface area contributed by atoms with Gasteiger partial charge in [-0.15, -0.1) is 12.4 Å². The molecule has 1 aromatic rings. The van der Waals surface area contributed by atoms with Crippen LogP contribution in [0.2, 0.25) is 5.02 Å². The first kappa shape index (κ1) is 18.8. The maximum Gasteiger partial charge on any atom is 0.0726 e. The van der Waals surface area contributed by atoms with Gasteiger partial charge in [0.15, 0.2) is 0 Å². The van der Waals surface area contributed by atoms with E-state index in [0.29, 0.717) is 0 Å². The summed E-state index contributed by atoms with van der Waals surface area (Å²) in [6.07, 6.45) is 3.20. The van der Waals surface area contributed by atoms with E-state index >= 15 is 0 Å². The molecule has 0 radical (unpaired) electrons. The van der Waals surface area contributed by atoms with E-state index in [1.54, 1.807) is 0 Å². The van der Waals surface area contributed by atoms with Gasteiger partial charge in [-0.2, -0.15) is 0 Å². The lowest BCUT2D eigenvalue weighted by atomic mass is 9.58. The van der Waals surface area contributed by atoms with E-state index in [1.807, 2.05) is 12.1 Å². The summed E-state index contributed by atoms with van der Waals surface area (Å²) < 4.78 is 0. The topological polar surface area (TPSA) is 23.5 Å². The van der Waals surface area contributed by atoms with Gasteiger partial charge in [-0.3, -0.25) is 0 Å². The first-order valence-electron chi connectivity index (χ1n) is 7.49. The second-order valence-electron chi connectivity index (χ2n) is 6.66. The van der Waals surface area contributed by atoms with Crippen LogP contribution in [0.3, 0.4) is 0 Å². The Hall–Kier alpha value is -0.280. The normalized spacial score (nSPS) is 19.8. The largest absolute Gasteiger partial charge is 0.391 e. The van der Waals surface area contributed by atoms with Crippen molar-refractivity contribution in [2.24, 2.45) is 5.92 Å². The number of likely N-dealkylation sites (N-methyl/N-ethyl adjacent to an activating group) is 1. The number of aliphatic hydroxyl groups is 1. The zero-order chi connectivity index (χ0) is 14.9. The van der Waals surface area contributed by atoms with E-state index in [-0.39, 0.29) is 35.9 Å². The zero-order valence-electron chi connectivity index (χ0n) is 13.3. The van der Waals surface area contributed by atoms with Crippen LogP contribution in [0.25, 0.3) is 0 Å². The maximum absolute atomic E-state index is 10.7. The van der Waals surface area contributed by atoms with E-state index < -0.39 is 0 Å². The standard InChI is InChI=1S/C17H26ClNO.ClH/c1-12(2)15(20)16(19(3)4)17(10-5-11-17)13-6-8-14(18)9-7-13;/h6-9,12,15-16,20H,5,10-11H2,1-4H3;1H. The van der Waals surface area contributed by atoms with Crippen LogP contribution in [0.4, 0.5) is 0 Å². The van der Waals surface area contributed by atoms with Crippen molar-refractivity contribution in [2.45, 2.75) is 50.7 Å². The van der Waals surface area contributed by atoms with Gasteiger partial charge in [-0.1, -0.05) is 44.0 Å². The summed E-state index contributed by atoms with van der Waals surface area (Å²) >= 11 is 6.02. The zero-order valence-corrected chi connectivity index (χ0v) is 14.9. The smallest absolute Gasteiger partial charge is 0.0726 e. The van der Waals surface area contributed by atoms with Crippen LogP contribution in [-0.4, -0.2) is 36.2 Å². The summed E-state index contributed by atoms with van der Waals surface area (Å²) in [6.45, 7) is 4.19. The Morgan fingerprint density at radius 2 is 1.67 bits per heavy atom. The van der Waals surface area contributed by atoms with Gasteiger partial charge in [0.2, 0.25) is 0 Å². The summed E-state index contributed by atoms with van der Waals surface area (Å²) in [5.41, 5.74) is 1.38. The second kappa shape index (κ2) is 7.32. The molecule has 0 heterocycles. The molecule has 1 aromatic carbocycles. The molecule has 0 amide bonds. The van der Waals surface area contributed by atoms with Crippen molar-refractivity contribution in [1.82, 2.24) is 4.90 Å². The molecule has 1 aliphatic carbocycles. The number of rotatable bonds is 5. The molecule has 21 heavy (non-hydrogen) atoms. The number of aliphatic hydroxyl groups excluding tert-OH is 1. The van der Waals surface area contributed by atoms with E-state index in [4.69, 9.17) is 11.6 Å². The summed E-state index contributed by atoms with van der Waals surface area (Å²) in [7, 11) is 4.15. The maximum atomic E-state index is 10.7. The Kier molecular flexibility index (Phi) is 6.54. The van der Waals surface area contributed by atoms with E-state index in [0.717, 1.165) is 17.9 Å². The van der Waals surface area contributed by atoms with Crippen molar-refractivity contribution >= 4 is 24.0 Å². The molecule has 120 valence electrons. The molecule has 2 nitrogen and oxygen atoms in total. The summed E-state index contributed by atoms with van der Waals surface area (Å²) in [6, 6.07) is 8.34. The predicted octanol–water partition coefficient (Wildman–Crippen LogP) is 4.13. The van der Waals surface area contributed by atoms with Gasteiger partial charge in [0.1, 0.15) is 0 Å². The van der Waals surface area contributed by atoms with Crippen molar-refractivity contribution in [3.05, 3.63) is 34.9 Å². The highest BCUT2D eigenvalue weighted by Gasteiger charge is 2.49. The third kappa shape index (κ3) is 3.56. The van der Waals surface area contributed by atoms with Crippen molar-refractivity contribution in [3.63, 3.8) is 0 Å². The van der Waals surface area contributed by atoms with Gasteiger partial charge in [-0.25, -0.2) is 0 Å². The fraction of sp³-hybridized carbons (Fsp3) is 0.647. The molecule has 0 aromatic heterocycles. The molecule has 1 aliphatic rings. The van der Waals surface area contributed by atoms with Gasteiger partial charge in [0.25, 0.3) is 0 Å². The fourth-order valence-corrected chi connectivity index (χ4v) is 3.71. The van der Waals surface area contributed by atoms with Crippen molar-refractivity contribution in [2.75, 3.05) is 14.1 Å². The Balaban J connectivity index is 0.00000220. The van der Waals surface area contributed by atoms with Crippen molar-refractivity contribution in [3.8, 4) is 0 Å². The molecule has 1 fully saturated rings. The van der Waals surface area contributed by atoms with Crippen molar-refractivity contribution in [1.29, 1.82) is 0 Å². The van der Waals surface area contributed by atoms with Gasteiger partial charge in [-0.05, 0) is 50.6 Å². The second-order valence-corrected chi connectivity index (χ2v) is 7.10. The van der Waals surface area contributed by atoms with Crippen LogP contribution in [-0.2, 0) is 5.41 Å². The average molecular weight is 332 g/mol. The Labute approximate surface area is 139 Å². The van der Waals surface area contributed by atoms with Gasteiger partial charge < -0.3 is 10.0 Å². The summed E-state index contributed by atoms with van der Waals surface area (Å²) in [5, 5.41) is 11.5. The highest BCUT2D eigenvalue weighted by molar-refractivity contribution is 6.30. The highest BCUT2D eigenvalue weighted by atomic mass is 35.5. The first-order chi connectivity index (χ1) is 9.38. The van der Waals surface area contributed by atoms with Crippen LogP contribution >= 0.6 is 24.0 Å². The van der Waals surface area contributed by atoms with Crippen molar-refractivity contribution < 1.29 is 5.11 Å². The third-order valence-electron chi connectivity index (χ3n) is 4.79. The lowest BCUT2D eigenvalue weighted by molar-refractivity contribution is -0.0279. The van der Waals surface area contributed by atoms with Gasteiger partial charge in [0, 0.05) is 16.5 Å². The van der Waals surface area contributed by atoms with Gasteiger partial charge >= 0.3 is 0 Å². The van der Waals surface area contributed by atoms with E-state index in [2.05, 4.69) is 45.0 Å². The monoisotopic (exact) mass is 331 g/mol. The number of hydrogen-bond donors (Lipinski definition) is 1. The average Bonchev–Trinajstić information content (AvgIpc) is 2.33. The molecule has 0 bridgehead atoms. The lowest BCUT2D eigenvalue weighted by Gasteiger charge is -2.53. The Morgan fingerprint density at radius 3 is 2.00 bits per heavy atom. The Bertz CT molecular complexity index is 441. The molecule has 0 aliphatic heterocycles. The number of benzene rings is 1. The van der Waals surface area contributed by atoms with Gasteiger partial charge in [0.05, 0.1) is 6.10 Å². The number of halogens is 2. The minimum Gasteiger partial charge on any atom is -0.391 e. The molecule has 0 spiro atoms. The SMILES string of the molecule is CC(C)C(O)C(N(C)C)C1(c2ccc(Cl)cc2)CCC1.Cl. The van der Waals surface area contributed by atoms with Crippen LogP contribution < -0.4 is 0 Å². The van der Waals surface area contributed by atoms with E-state index in [9.17, 15) is 5.11 Å². The highest BCUT2D eigenvalue weighted by Crippen LogP contribution is 2.49. The molecule has 2 atom stereocenters. The van der Waals surface area contributed by atoms with Crippen LogP contribution in [0.1, 0.15) is 38.7 Å². The first-order valence-corrected chi connectivity index (χ1v) is 7.87. The molecule has 2 unspecified atom stereocenters. The Morgan fingerprint density at radius 1 is 1.14 bits per heavy atom. The third-order valence-corrected chi connectivity index (χ3v) is 5.05. The fourth-order valence-electron chi connectivity index (χ4n) is 3.59. The molecule has 2 rings (SSSR count). The van der Waals surface area contributed by atoms with Crippen LogP contribution in [0.15, 0.2) is 24.3 Å². The molecular formula is C17H27Cl2NO. The number of nitrogens with zero attached hydrogens (tertiary/aromatic N) is 1. The van der Waals surface area contributed by atoms with Crippen LogP contribution in [0.5, 0.6) is 0 Å². The quantitative estimate of drug-likeness (QED) is 0.876. The summed E-state index contributed by atoms with van der Waals surface area (Å²) in [4.78, 5) is 2.19. The molecule has 0 saturated heterocycles. The lowest BCUT2D eigenvalue weighted by Crippen LogP contribution is -2.59. The predicted molar refractivity (Wildman–Crippen MR) is 92.5 cm³/mol. The molecular weight excluding hydrogens is 305 g/mol. The minimum absolute atomic E-state index is 0. The minimum atomic E-state index is -0.319. The number of hydrogen-bond acceptors (Lipinski definition) is 2. The van der Waals surface area contributed by atoms with E-state index in [1.165, 1.54) is 12.0 Å². The molecule has 4 heteroatoms.